The SMILES string of the molecule is Cc1c(N)cnc(NC2(CO)CCOCC2)c1Br. The molecule has 0 unspecified atom stereocenters. The number of aliphatic hydroxyl groups excluding tert-OH is 1. The van der Waals surface area contributed by atoms with E-state index in [9.17, 15) is 5.11 Å². The lowest BCUT2D eigenvalue weighted by molar-refractivity contribution is 0.0378. The van der Waals surface area contributed by atoms with Crippen molar-refractivity contribution in [2.45, 2.75) is 25.3 Å². The van der Waals surface area contributed by atoms with E-state index in [0.29, 0.717) is 18.9 Å². The molecular weight excluding hydrogens is 298 g/mol. The number of anilines is 2. The van der Waals surface area contributed by atoms with Crippen molar-refractivity contribution in [2.24, 2.45) is 0 Å². The number of ether oxygens (including phenoxy) is 1. The lowest BCUT2D eigenvalue weighted by atomic mass is 9.91. The predicted octanol–water partition coefficient (Wildman–Crippen LogP) is 1.69. The molecule has 0 amide bonds. The van der Waals surface area contributed by atoms with Crippen molar-refractivity contribution in [3.8, 4) is 0 Å². The van der Waals surface area contributed by atoms with E-state index >= 15 is 0 Å². The van der Waals surface area contributed by atoms with Crippen molar-refractivity contribution in [1.82, 2.24) is 4.98 Å². The standard InChI is InChI=1S/C12H18BrN3O2/c1-8-9(14)6-15-11(10(8)13)16-12(7-17)2-4-18-5-3-12/h6,17H,2-5,7,14H2,1H3,(H,15,16). The zero-order chi connectivity index (χ0) is 13.2. The highest BCUT2D eigenvalue weighted by atomic mass is 79.9. The number of nitrogens with one attached hydrogen (secondary N) is 1. The van der Waals surface area contributed by atoms with Crippen LogP contribution in [-0.2, 0) is 4.74 Å². The van der Waals surface area contributed by atoms with Crippen molar-refractivity contribution in [3.05, 3.63) is 16.2 Å². The van der Waals surface area contributed by atoms with Crippen LogP contribution in [0.1, 0.15) is 18.4 Å². The first kappa shape index (κ1) is 13.6. The van der Waals surface area contributed by atoms with Gasteiger partial charge < -0.3 is 20.9 Å². The number of hydrogen-bond donors (Lipinski definition) is 3. The largest absolute Gasteiger partial charge is 0.397 e. The van der Waals surface area contributed by atoms with Crippen LogP contribution in [0.3, 0.4) is 0 Å². The van der Waals surface area contributed by atoms with Crippen molar-refractivity contribution < 1.29 is 9.84 Å². The molecule has 1 aromatic rings. The number of nitrogens with two attached hydrogens (primary N) is 1. The molecule has 2 heterocycles. The van der Waals surface area contributed by atoms with E-state index in [2.05, 4.69) is 26.2 Å². The molecule has 0 bridgehead atoms. The van der Waals surface area contributed by atoms with E-state index in [0.717, 1.165) is 28.7 Å². The zero-order valence-corrected chi connectivity index (χ0v) is 12.0. The van der Waals surface area contributed by atoms with Crippen LogP contribution in [0.5, 0.6) is 0 Å². The first-order valence-electron chi connectivity index (χ1n) is 5.95. The van der Waals surface area contributed by atoms with Crippen LogP contribution in [0.15, 0.2) is 10.7 Å². The smallest absolute Gasteiger partial charge is 0.141 e. The minimum absolute atomic E-state index is 0.0634. The van der Waals surface area contributed by atoms with Gasteiger partial charge in [-0.3, -0.25) is 0 Å². The van der Waals surface area contributed by atoms with Gasteiger partial charge in [-0.25, -0.2) is 4.98 Å². The fraction of sp³-hybridized carbons (Fsp3) is 0.583. The average molecular weight is 316 g/mol. The molecule has 1 saturated heterocycles. The molecule has 100 valence electrons. The number of nitrogen functional groups attached to an aromatic ring is 1. The van der Waals surface area contributed by atoms with E-state index in [1.807, 2.05) is 6.92 Å². The van der Waals surface area contributed by atoms with Crippen LogP contribution in [-0.4, -0.2) is 35.5 Å². The Labute approximate surface area is 115 Å². The number of hydrogen-bond acceptors (Lipinski definition) is 5. The zero-order valence-electron chi connectivity index (χ0n) is 10.4. The number of aromatic nitrogens is 1. The second-order valence-electron chi connectivity index (χ2n) is 4.68. The van der Waals surface area contributed by atoms with E-state index in [1.165, 1.54) is 0 Å². The highest BCUT2D eigenvalue weighted by Crippen LogP contribution is 2.32. The number of nitrogens with zero attached hydrogens (tertiary/aromatic N) is 1. The lowest BCUT2D eigenvalue weighted by Gasteiger charge is -2.37. The Morgan fingerprint density at radius 3 is 2.83 bits per heavy atom. The highest BCUT2D eigenvalue weighted by molar-refractivity contribution is 9.10. The molecule has 0 aromatic carbocycles. The van der Waals surface area contributed by atoms with Gasteiger partial charge in [0.15, 0.2) is 0 Å². The maximum atomic E-state index is 9.63. The Kier molecular flexibility index (Phi) is 4.09. The summed E-state index contributed by atoms with van der Waals surface area (Å²) in [5.41, 5.74) is 7.05. The minimum Gasteiger partial charge on any atom is -0.397 e. The third-order valence-corrected chi connectivity index (χ3v) is 4.41. The number of rotatable bonds is 3. The molecule has 4 N–H and O–H groups in total. The molecular formula is C12H18BrN3O2. The topological polar surface area (TPSA) is 80.4 Å². The third kappa shape index (κ3) is 2.60. The van der Waals surface area contributed by atoms with Crippen molar-refractivity contribution in [1.29, 1.82) is 0 Å². The highest BCUT2D eigenvalue weighted by Gasteiger charge is 2.32. The van der Waals surface area contributed by atoms with Crippen molar-refractivity contribution >= 4 is 27.4 Å². The Hall–Kier alpha value is -0.850. The van der Waals surface area contributed by atoms with Crippen LogP contribution < -0.4 is 11.1 Å². The molecule has 0 radical (unpaired) electrons. The van der Waals surface area contributed by atoms with Crippen LogP contribution in [0.25, 0.3) is 0 Å². The Morgan fingerprint density at radius 1 is 1.56 bits per heavy atom. The molecule has 1 aromatic heterocycles. The van der Waals surface area contributed by atoms with Crippen LogP contribution in [0.2, 0.25) is 0 Å². The van der Waals surface area contributed by atoms with Crippen LogP contribution in [0, 0.1) is 6.92 Å². The van der Waals surface area contributed by atoms with Crippen LogP contribution in [0.4, 0.5) is 11.5 Å². The third-order valence-electron chi connectivity index (χ3n) is 3.44. The molecule has 5 nitrogen and oxygen atoms in total. The van der Waals surface area contributed by atoms with E-state index in [-0.39, 0.29) is 12.1 Å². The quantitative estimate of drug-likeness (QED) is 0.791. The molecule has 0 atom stereocenters. The summed E-state index contributed by atoms with van der Waals surface area (Å²) < 4.78 is 6.18. The second-order valence-corrected chi connectivity index (χ2v) is 5.47. The summed E-state index contributed by atoms with van der Waals surface area (Å²) >= 11 is 3.49. The molecule has 0 aliphatic carbocycles. The van der Waals surface area contributed by atoms with Gasteiger partial charge in [0.25, 0.3) is 0 Å². The summed E-state index contributed by atoms with van der Waals surface area (Å²) in [5.74, 6) is 0.720. The Bertz CT molecular complexity index is 434. The lowest BCUT2D eigenvalue weighted by Crippen LogP contribution is -2.47. The average Bonchev–Trinajstić information content (AvgIpc) is 2.41. The van der Waals surface area contributed by atoms with Gasteiger partial charge in [0.2, 0.25) is 0 Å². The number of aliphatic hydroxyl groups is 1. The minimum atomic E-state index is -0.351. The molecule has 0 spiro atoms. The fourth-order valence-electron chi connectivity index (χ4n) is 2.02. The van der Waals surface area contributed by atoms with E-state index in [1.54, 1.807) is 6.20 Å². The molecule has 1 aliphatic rings. The first-order valence-corrected chi connectivity index (χ1v) is 6.75. The molecule has 6 heteroatoms. The Balaban J connectivity index is 2.24. The van der Waals surface area contributed by atoms with Gasteiger partial charge in [-0.2, -0.15) is 0 Å². The van der Waals surface area contributed by atoms with Crippen molar-refractivity contribution in [3.63, 3.8) is 0 Å². The van der Waals surface area contributed by atoms with Crippen molar-refractivity contribution in [2.75, 3.05) is 30.9 Å². The fourth-order valence-corrected chi connectivity index (χ4v) is 2.45. The van der Waals surface area contributed by atoms with E-state index in [4.69, 9.17) is 10.5 Å². The Morgan fingerprint density at radius 2 is 2.22 bits per heavy atom. The molecule has 18 heavy (non-hydrogen) atoms. The summed E-state index contributed by atoms with van der Waals surface area (Å²) in [5, 5.41) is 13.0. The molecule has 0 saturated carbocycles. The van der Waals surface area contributed by atoms with Crippen LogP contribution >= 0.6 is 15.9 Å². The number of pyridine rings is 1. The van der Waals surface area contributed by atoms with Gasteiger partial charge in [0.1, 0.15) is 5.82 Å². The monoisotopic (exact) mass is 315 g/mol. The summed E-state index contributed by atoms with van der Waals surface area (Å²) in [6.45, 7) is 3.30. The van der Waals surface area contributed by atoms with Gasteiger partial charge in [-0.1, -0.05) is 0 Å². The van der Waals surface area contributed by atoms with Gasteiger partial charge in [0, 0.05) is 13.2 Å². The van der Waals surface area contributed by atoms with Gasteiger partial charge in [-0.15, -0.1) is 0 Å². The summed E-state index contributed by atoms with van der Waals surface area (Å²) in [6.07, 6.45) is 3.16. The van der Waals surface area contributed by atoms with Gasteiger partial charge in [0.05, 0.1) is 28.5 Å². The molecule has 2 rings (SSSR count). The maximum Gasteiger partial charge on any atom is 0.141 e. The molecule has 1 aliphatic heterocycles. The maximum absolute atomic E-state index is 9.63. The summed E-state index contributed by atoms with van der Waals surface area (Å²) in [7, 11) is 0. The van der Waals surface area contributed by atoms with E-state index < -0.39 is 0 Å². The normalized spacial score (nSPS) is 18.6. The predicted molar refractivity (Wildman–Crippen MR) is 74.6 cm³/mol. The number of halogens is 1. The first-order chi connectivity index (χ1) is 8.58. The van der Waals surface area contributed by atoms with Gasteiger partial charge >= 0.3 is 0 Å². The summed E-state index contributed by atoms with van der Waals surface area (Å²) in [4.78, 5) is 4.29. The summed E-state index contributed by atoms with van der Waals surface area (Å²) in [6, 6.07) is 0. The molecule has 1 fully saturated rings. The van der Waals surface area contributed by atoms with Gasteiger partial charge in [-0.05, 0) is 41.3 Å². The second kappa shape index (κ2) is 5.42.